The SMILES string of the molecule is CC(CS(C)(=O)=O)NC(=O)Cc1ccc(C(N)=S)cc1. The average molecular weight is 314 g/mol. The van der Waals surface area contributed by atoms with E-state index in [1.807, 2.05) is 0 Å². The van der Waals surface area contributed by atoms with Crippen LogP contribution in [0.5, 0.6) is 0 Å². The molecule has 0 aliphatic heterocycles. The number of rotatable bonds is 6. The van der Waals surface area contributed by atoms with Gasteiger partial charge >= 0.3 is 0 Å². The van der Waals surface area contributed by atoms with E-state index >= 15 is 0 Å². The molecule has 0 fully saturated rings. The van der Waals surface area contributed by atoms with E-state index in [0.717, 1.165) is 17.4 Å². The van der Waals surface area contributed by atoms with Gasteiger partial charge in [0.1, 0.15) is 14.8 Å². The molecule has 1 atom stereocenters. The van der Waals surface area contributed by atoms with Crippen molar-refractivity contribution < 1.29 is 13.2 Å². The zero-order chi connectivity index (χ0) is 15.3. The standard InChI is InChI=1S/C13H18N2O3S2/c1-9(8-20(2,17)18)15-12(16)7-10-3-5-11(6-4-10)13(14)19/h3-6,9H,7-8H2,1-2H3,(H2,14,19)(H,15,16). The third-order valence-corrected chi connectivity index (χ3v) is 3.90. The summed E-state index contributed by atoms with van der Waals surface area (Å²) in [7, 11) is -3.10. The summed E-state index contributed by atoms with van der Waals surface area (Å²) >= 11 is 4.84. The van der Waals surface area contributed by atoms with Crippen LogP contribution in [0.1, 0.15) is 18.1 Å². The van der Waals surface area contributed by atoms with Crippen LogP contribution in [0.25, 0.3) is 0 Å². The third-order valence-electron chi connectivity index (χ3n) is 2.56. The van der Waals surface area contributed by atoms with Gasteiger partial charge in [0.25, 0.3) is 0 Å². The molecule has 3 N–H and O–H groups in total. The summed E-state index contributed by atoms with van der Waals surface area (Å²) in [6.07, 6.45) is 1.33. The predicted molar refractivity (Wildman–Crippen MR) is 83.3 cm³/mol. The zero-order valence-electron chi connectivity index (χ0n) is 11.4. The summed E-state index contributed by atoms with van der Waals surface area (Å²) in [4.78, 5) is 12.1. The first-order valence-corrected chi connectivity index (χ1v) is 8.50. The first-order chi connectivity index (χ1) is 9.17. The van der Waals surface area contributed by atoms with Gasteiger partial charge in [-0.3, -0.25) is 4.79 Å². The molecule has 1 amide bonds. The van der Waals surface area contributed by atoms with Gasteiger partial charge in [0.2, 0.25) is 5.91 Å². The second kappa shape index (κ2) is 6.81. The number of benzene rings is 1. The topological polar surface area (TPSA) is 89.3 Å². The lowest BCUT2D eigenvalue weighted by Gasteiger charge is -2.12. The maximum Gasteiger partial charge on any atom is 0.224 e. The summed E-state index contributed by atoms with van der Waals surface area (Å²) in [6, 6.07) is 6.65. The summed E-state index contributed by atoms with van der Waals surface area (Å²) < 4.78 is 22.2. The number of hydrogen-bond donors (Lipinski definition) is 2. The molecule has 0 heterocycles. The molecule has 0 aliphatic rings. The highest BCUT2D eigenvalue weighted by Gasteiger charge is 2.13. The Morgan fingerprint density at radius 3 is 2.35 bits per heavy atom. The van der Waals surface area contributed by atoms with Crippen LogP contribution in [0.2, 0.25) is 0 Å². The molecule has 7 heteroatoms. The minimum Gasteiger partial charge on any atom is -0.389 e. The highest BCUT2D eigenvalue weighted by Crippen LogP contribution is 2.05. The van der Waals surface area contributed by atoms with Crippen LogP contribution < -0.4 is 11.1 Å². The van der Waals surface area contributed by atoms with E-state index in [0.29, 0.717) is 4.99 Å². The first kappa shape index (κ1) is 16.6. The van der Waals surface area contributed by atoms with Gasteiger partial charge in [-0.1, -0.05) is 36.5 Å². The summed E-state index contributed by atoms with van der Waals surface area (Å²) in [5, 5.41) is 2.65. The largest absolute Gasteiger partial charge is 0.389 e. The van der Waals surface area contributed by atoms with Gasteiger partial charge in [-0.2, -0.15) is 0 Å². The molecule has 1 aromatic rings. The van der Waals surface area contributed by atoms with Crippen molar-refractivity contribution >= 4 is 33.0 Å². The Morgan fingerprint density at radius 1 is 1.35 bits per heavy atom. The van der Waals surface area contributed by atoms with Crippen molar-refractivity contribution in [3.63, 3.8) is 0 Å². The van der Waals surface area contributed by atoms with E-state index in [2.05, 4.69) is 5.32 Å². The van der Waals surface area contributed by atoms with Gasteiger partial charge < -0.3 is 11.1 Å². The third kappa shape index (κ3) is 6.12. The Bertz CT molecular complexity index is 595. The predicted octanol–water partition coefficient (Wildman–Crippen LogP) is 0.413. The van der Waals surface area contributed by atoms with Crippen LogP contribution in [-0.4, -0.2) is 37.4 Å². The lowest BCUT2D eigenvalue weighted by atomic mass is 10.1. The van der Waals surface area contributed by atoms with Crippen LogP contribution in [0.4, 0.5) is 0 Å². The first-order valence-electron chi connectivity index (χ1n) is 6.03. The number of thiocarbonyl (C=S) groups is 1. The number of carbonyl (C=O) groups excluding carboxylic acids is 1. The van der Waals surface area contributed by atoms with Crippen LogP contribution >= 0.6 is 12.2 Å². The molecule has 1 aromatic carbocycles. The maximum absolute atomic E-state index is 11.8. The van der Waals surface area contributed by atoms with E-state index in [4.69, 9.17) is 18.0 Å². The van der Waals surface area contributed by atoms with E-state index in [9.17, 15) is 13.2 Å². The van der Waals surface area contributed by atoms with Crippen LogP contribution in [0.15, 0.2) is 24.3 Å². The molecule has 0 aliphatic carbocycles. The van der Waals surface area contributed by atoms with Crippen LogP contribution in [0, 0.1) is 0 Å². The molecule has 0 aromatic heterocycles. The molecule has 110 valence electrons. The molecule has 0 spiro atoms. The lowest BCUT2D eigenvalue weighted by Crippen LogP contribution is -2.38. The Balaban J connectivity index is 2.56. The molecule has 0 bridgehead atoms. The lowest BCUT2D eigenvalue weighted by molar-refractivity contribution is -0.120. The van der Waals surface area contributed by atoms with Gasteiger partial charge in [0.05, 0.1) is 12.2 Å². The van der Waals surface area contributed by atoms with E-state index in [1.165, 1.54) is 0 Å². The Labute approximate surface area is 124 Å². The zero-order valence-corrected chi connectivity index (χ0v) is 13.1. The van der Waals surface area contributed by atoms with Crippen molar-refractivity contribution in [2.24, 2.45) is 5.73 Å². The molecular weight excluding hydrogens is 296 g/mol. The fraction of sp³-hybridized carbons (Fsp3) is 0.385. The number of nitrogens with one attached hydrogen (secondary N) is 1. The average Bonchev–Trinajstić information content (AvgIpc) is 2.26. The van der Waals surface area contributed by atoms with Crippen molar-refractivity contribution in [1.29, 1.82) is 0 Å². The molecular formula is C13H18N2O3S2. The van der Waals surface area contributed by atoms with Crippen molar-refractivity contribution in [1.82, 2.24) is 5.32 Å². The fourth-order valence-electron chi connectivity index (χ4n) is 1.79. The van der Waals surface area contributed by atoms with Crippen molar-refractivity contribution in [3.8, 4) is 0 Å². The molecule has 5 nitrogen and oxygen atoms in total. The van der Waals surface area contributed by atoms with Crippen molar-refractivity contribution in [3.05, 3.63) is 35.4 Å². The quantitative estimate of drug-likeness (QED) is 0.743. The molecule has 20 heavy (non-hydrogen) atoms. The smallest absolute Gasteiger partial charge is 0.224 e. The van der Waals surface area contributed by atoms with Gasteiger partial charge in [-0.15, -0.1) is 0 Å². The van der Waals surface area contributed by atoms with Crippen LogP contribution in [-0.2, 0) is 21.1 Å². The van der Waals surface area contributed by atoms with Crippen molar-refractivity contribution in [2.75, 3.05) is 12.0 Å². The van der Waals surface area contributed by atoms with Crippen molar-refractivity contribution in [2.45, 2.75) is 19.4 Å². The van der Waals surface area contributed by atoms with E-state index < -0.39 is 15.9 Å². The second-order valence-electron chi connectivity index (χ2n) is 4.80. The monoisotopic (exact) mass is 314 g/mol. The number of hydrogen-bond acceptors (Lipinski definition) is 4. The minimum absolute atomic E-state index is 0.0703. The molecule has 0 radical (unpaired) electrons. The highest BCUT2D eigenvalue weighted by molar-refractivity contribution is 7.90. The summed E-state index contributed by atoms with van der Waals surface area (Å²) in [5.74, 6) is -0.289. The molecule has 0 saturated heterocycles. The Hall–Kier alpha value is -1.47. The molecule has 1 unspecified atom stereocenters. The number of nitrogens with two attached hydrogens (primary N) is 1. The fourth-order valence-corrected chi connectivity index (χ4v) is 2.92. The number of carbonyl (C=O) groups is 1. The Kier molecular flexibility index (Phi) is 5.64. The van der Waals surface area contributed by atoms with Gasteiger partial charge in [-0.25, -0.2) is 8.42 Å². The number of amides is 1. The van der Waals surface area contributed by atoms with Crippen LogP contribution in [0.3, 0.4) is 0 Å². The van der Waals surface area contributed by atoms with E-state index in [1.54, 1.807) is 31.2 Å². The normalized spacial score (nSPS) is 12.7. The minimum atomic E-state index is -3.10. The van der Waals surface area contributed by atoms with Gasteiger partial charge in [0, 0.05) is 17.9 Å². The van der Waals surface area contributed by atoms with Gasteiger partial charge in [0.15, 0.2) is 0 Å². The summed E-state index contributed by atoms with van der Waals surface area (Å²) in [5.41, 5.74) is 7.04. The highest BCUT2D eigenvalue weighted by atomic mass is 32.2. The second-order valence-corrected chi connectivity index (χ2v) is 7.42. The molecule has 0 saturated carbocycles. The number of sulfone groups is 1. The van der Waals surface area contributed by atoms with Gasteiger partial charge in [-0.05, 0) is 12.5 Å². The van der Waals surface area contributed by atoms with E-state index in [-0.39, 0.29) is 18.1 Å². The summed E-state index contributed by atoms with van der Waals surface area (Å²) in [6.45, 7) is 1.66. The maximum atomic E-state index is 11.8. The molecule has 1 rings (SSSR count). The Morgan fingerprint density at radius 2 is 1.90 bits per heavy atom.